The second-order valence-corrected chi connectivity index (χ2v) is 4.70. The van der Waals surface area contributed by atoms with Crippen LogP contribution < -0.4 is 19.9 Å². The molecule has 0 bridgehead atoms. The predicted octanol–water partition coefficient (Wildman–Crippen LogP) is 2.92. The number of ether oxygens (including phenoxy) is 3. The number of rotatable bonds is 7. The van der Waals surface area contributed by atoms with Crippen molar-refractivity contribution < 1.29 is 14.2 Å². The highest BCUT2D eigenvalue weighted by Gasteiger charge is 2.04. The van der Waals surface area contributed by atoms with Gasteiger partial charge >= 0.3 is 0 Å². The van der Waals surface area contributed by atoms with E-state index < -0.39 is 0 Å². The van der Waals surface area contributed by atoms with E-state index >= 15 is 0 Å². The largest absolute Gasteiger partial charge is 0.493 e. The minimum Gasteiger partial charge on any atom is -0.493 e. The summed E-state index contributed by atoms with van der Waals surface area (Å²) < 4.78 is 16.6. The van der Waals surface area contributed by atoms with Gasteiger partial charge in [-0.15, -0.1) is 0 Å². The number of nitrogens with two attached hydrogens (primary N) is 1. The maximum absolute atomic E-state index is 5.69. The summed E-state index contributed by atoms with van der Waals surface area (Å²) in [6, 6.07) is 13.6. The fraction of sp³-hybridized carbons (Fsp3) is 0.294. The van der Waals surface area contributed by atoms with Crippen molar-refractivity contribution >= 4 is 0 Å². The Labute approximate surface area is 125 Å². The van der Waals surface area contributed by atoms with Crippen molar-refractivity contribution in [2.75, 3.05) is 20.3 Å². The summed E-state index contributed by atoms with van der Waals surface area (Å²) in [5.41, 5.74) is 7.78. The zero-order chi connectivity index (χ0) is 15.1. The van der Waals surface area contributed by atoms with Crippen molar-refractivity contribution in [3.8, 4) is 17.2 Å². The van der Waals surface area contributed by atoms with E-state index in [1.165, 1.54) is 0 Å². The van der Waals surface area contributed by atoms with Crippen molar-refractivity contribution in [2.24, 2.45) is 5.73 Å². The molecule has 0 heterocycles. The van der Waals surface area contributed by atoms with Crippen LogP contribution in [0.5, 0.6) is 17.2 Å². The van der Waals surface area contributed by atoms with Crippen LogP contribution in [0.1, 0.15) is 11.1 Å². The molecule has 21 heavy (non-hydrogen) atoms. The summed E-state index contributed by atoms with van der Waals surface area (Å²) in [6.07, 6.45) is 0. The Hall–Kier alpha value is -2.20. The van der Waals surface area contributed by atoms with Crippen LogP contribution >= 0.6 is 0 Å². The van der Waals surface area contributed by atoms with Crippen molar-refractivity contribution in [3.05, 3.63) is 53.6 Å². The minimum atomic E-state index is 0.451. The molecule has 2 aromatic rings. The highest BCUT2D eigenvalue weighted by atomic mass is 16.5. The Kier molecular flexibility index (Phi) is 5.46. The van der Waals surface area contributed by atoms with E-state index in [0.29, 0.717) is 19.8 Å². The number of hydrogen-bond acceptors (Lipinski definition) is 4. The van der Waals surface area contributed by atoms with Gasteiger partial charge in [-0.3, -0.25) is 0 Å². The van der Waals surface area contributed by atoms with Gasteiger partial charge in [-0.1, -0.05) is 18.2 Å². The van der Waals surface area contributed by atoms with Gasteiger partial charge in [0.1, 0.15) is 19.0 Å². The van der Waals surface area contributed by atoms with E-state index in [0.717, 1.165) is 28.4 Å². The fourth-order valence-corrected chi connectivity index (χ4v) is 1.97. The molecule has 0 aliphatic heterocycles. The first-order valence-electron chi connectivity index (χ1n) is 6.92. The molecular weight excluding hydrogens is 266 g/mol. The van der Waals surface area contributed by atoms with Crippen LogP contribution in [0.2, 0.25) is 0 Å². The second-order valence-electron chi connectivity index (χ2n) is 4.70. The maximum atomic E-state index is 5.69. The lowest BCUT2D eigenvalue weighted by Crippen LogP contribution is -2.10. The van der Waals surface area contributed by atoms with Crippen LogP contribution in [0, 0.1) is 6.92 Å². The highest BCUT2D eigenvalue weighted by Crippen LogP contribution is 2.27. The number of benzene rings is 2. The number of methoxy groups -OCH3 is 1. The second kappa shape index (κ2) is 7.55. The predicted molar refractivity (Wildman–Crippen MR) is 83.1 cm³/mol. The van der Waals surface area contributed by atoms with Gasteiger partial charge in [0.25, 0.3) is 0 Å². The van der Waals surface area contributed by atoms with E-state index in [-0.39, 0.29) is 0 Å². The third kappa shape index (κ3) is 4.39. The molecule has 0 saturated heterocycles. The van der Waals surface area contributed by atoms with E-state index in [1.54, 1.807) is 7.11 Å². The molecule has 4 heteroatoms. The van der Waals surface area contributed by atoms with Gasteiger partial charge in [-0.25, -0.2) is 0 Å². The topological polar surface area (TPSA) is 53.7 Å². The number of aryl methyl sites for hydroxylation is 1. The summed E-state index contributed by atoms with van der Waals surface area (Å²) in [7, 11) is 1.64. The Bertz CT molecular complexity index is 584. The van der Waals surface area contributed by atoms with Gasteiger partial charge in [0.2, 0.25) is 0 Å². The van der Waals surface area contributed by atoms with E-state index in [9.17, 15) is 0 Å². The van der Waals surface area contributed by atoms with Crippen molar-refractivity contribution in [3.63, 3.8) is 0 Å². The molecule has 0 atom stereocenters. The van der Waals surface area contributed by atoms with Crippen LogP contribution in [-0.4, -0.2) is 20.3 Å². The van der Waals surface area contributed by atoms with Crippen molar-refractivity contribution in [1.29, 1.82) is 0 Å². The molecule has 0 aliphatic carbocycles. The molecule has 112 valence electrons. The summed E-state index contributed by atoms with van der Waals surface area (Å²) >= 11 is 0. The lowest BCUT2D eigenvalue weighted by atomic mass is 10.2. The quantitative estimate of drug-likeness (QED) is 0.796. The zero-order valence-electron chi connectivity index (χ0n) is 12.5. The Balaban J connectivity index is 1.84. The van der Waals surface area contributed by atoms with Gasteiger partial charge < -0.3 is 19.9 Å². The molecule has 0 aliphatic rings. The summed E-state index contributed by atoms with van der Waals surface area (Å²) in [4.78, 5) is 0. The van der Waals surface area contributed by atoms with Crippen LogP contribution in [-0.2, 0) is 6.54 Å². The van der Waals surface area contributed by atoms with Crippen LogP contribution in [0.25, 0.3) is 0 Å². The zero-order valence-corrected chi connectivity index (χ0v) is 12.5. The lowest BCUT2D eigenvalue weighted by Gasteiger charge is -2.12. The smallest absolute Gasteiger partial charge is 0.161 e. The number of hydrogen-bond donors (Lipinski definition) is 1. The van der Waals surface area contributed by atoms with Crippen molar-refractivity contribution in [1.82, 2.24) is 0 Å². The molecule has 0 fully saturated rings. The molecule has 4 nitrogen and oxygen atoms in total. The third-order valence-electron chi connectivity index (χ3n) is 3.06. The molecule has 2 aromatic carbocycles. The van der Waals surface area contributed by atoms with Crippen LogP contribution in [0.3, 0.4) is 0 Å². The average Bonchev–Trinajstić information content (AvgIpc) is 2.52. The summed E-state index contributed by atoms with van der Waals surface area (Å²) in [5, 5.41) is 0. The highest BCUT2D eigenvalue weighted by molar-refractivity contribution is 5.42. The summed E-state index contributed by atoms with van der Waals surface area (Å²) in [6.45, 7) is 3.44. The van der Waals surface area contributed by atoms with Gasteiger partial charge in [0, 0.05) is 6.54 Å². The monoisotopic (exact) mass is 287 g/mol. The standard InChI is InChI=1S/C17H21NO3/c1-13-6-7-16(17(10-13)19-2)21-9-8-20-15-5-3-4-14(11-15)12-18/h3-7,10-11H,8-9,12,18H2,1-2H3. The first-order chi connectivity index (χ1) is 10.2. The molecule has 0 aromatic heterocycles. The Morgan fingerprint density at radius 2 is 1.76 bits per heavy atom. The summed E-state index contributed by atoms with van der Waals surface area (Å²) in [5.74, 6) is 2.26. The molecule has 0 saturated carbocycles. The van der Waals surface area contributed by atoms with Gasteiger partial charge in [0.05, 0.1) is 7.11 Å². The molecule has 2 N–H and O–H groups in total. The van der Waals surface area contributed by atoms with E-state index in [1.807, 2.05) is 49.4 Å². The molecule has 0 amide bonds. The molecule has 0 spiro atoms. The minimum absolute atomic E-state index is 0.451. The molecular formula is C17H21NO3. The fourth-order valence-electron chi connectivity index (χ4n) is 1.97. The maximum Gasteiger partial charge on any atom is 0.161 e. The molecule has 2 rings (SSSR count). The Morgan fingerprint density at radius 3 is 2.52 bits per heavy atom. The normalized spacial score (nSPS) is 10.2. The van der Waals surface area contributed by atoms with Crippen LogP contribution in [0.4, 0.5) is 0 Å². The van der Waals surface area contributed by atoms with E-state index in [2.05, 4.69) is 0 Å². The molecule has 0 unspecified atom stereocenters. The SMILES string of the molecule is COc1cc(C)ccc1OCCOc1cccc(CN)c1. The third-order valence-corrected chi connectivity index (χ3v) is 3.06. The van der Waals surface area contributed by atoms with Gasteiger partial charge in [-0.05, 0) is 42.3 Å². The lowest BCUT2D eigenvalue weighted by molar-refractivity contribution is 0.211. The first-order valence-corrected chi connectivity index (χ1v) is 6.92. The average molecular weight is 287 g/mol. The van der Waals surface area contributed by atoms with Crippen LogP contribution in [0.15, 0.2) is 42.5 Å². The van der Waals surface area contributed by atoms with Crippen molar-refractivity contribution in [2.45, 2.75) is 13.5 Å². The van der Waals surface area contributed by atoms with Gasteiger partial charge in [-0.2, -0.15) is 0 Å². The van der Waals surface area contributed by atoms with Gasteiger partial charge in [0.15, 0.2) is 11.5 Å². The first kappa shape index (κ1) is 15.2. The molecule has 0 radical (unpaired) electrons. The Morgan fingerprint density at radius 1 is 0.952 bits per heavy atom. The van der Waals surface area contributed by atoms with E-state index in [4.69, 9.17) is 19.9 Å².